The topological polar surface area (TPSA) is 49.4 Å². The molecule has 1 aliphatic carbocycles. The zero-order valence-electron chi connectivity index (χ0n) is 13.8. The smallest absolute Gasteiger partial charge is 0.214 e. The molecule has 3 atom stereocenters. The van der Waals surface area contributed by atoms with Crippen LogP contribution in [0.25, 0.3) is 0 Å². The molecule has 4 nitrogen and oxygen atoms in total. The van der Waals surface area contributed by atoms with Crippen molar-refractivity contribution in [3.05, 3.63) is 0 Å². The number of hydrogen-bond acceptors (Lipinski definition) is 3. The van der Waals surface area contributed by atoms with Crippen LogP contribution in [0, 0.1) is 11.8 Å². The Morgan fingerprint density at radius 1 is 1.10 bits per heavy atom. The van der Waals surface area contributed by atoms with Gasteiger partial charge in [-0.1, -0.05) is 27.2 Å². The predicted octanol–water partition coefficient (Wildman–Crippen LogP) is 2.60. The van der Waals surface area contributed by atoms with Crippen molar-refractivity contribution in [2.45, 2.75) is 71.4 Å². The lowest BCUT2D eigenvalue weighted by molar-refractivity contribution is 0.188. The molecule has 2 aliphatic rings. The first-order valence-electron chi connectivity index (χ1n) is 8.66. The highest BCUT2D eigenvalue weighted by Gasteiger charge is 2.31. The molecule has 1 N–H and O–H groups in total. The van der Waals surface area contributed by atoms with Crippen molar-refractivity contribution in [3.63, 3.8) is 0 Å². The van der Waals surface area contributed by atoms with Crippen LogP contribution >= 0.6 is 0 Å². The number of nitrogens with one attached hydrogen (secondary N) is 1. The van der Waals surface area contributed by atoms with E-state index in [1.807, 2.05) is 6.92 Å². The van der Waals surface area contributed by atoms with Crippen molar-refractivity contribution in [3.8, 4) is 0 Å². The van der Waals surface area contributed by atoms with Gasteiger partial charge in [0.2, 0.25) is 10.0 Å². The second-order valence-electron chi connectivity index (χ2n) is 7.16. The highest BCUT2D eigenvalue weighted by molar-refractivity contribution is 7.89. The Kier molecular flexibility index (Phi) is 6.09. The Morgan fingerprint density at radius 2 is 1.76 bits per heavy atom. The summed E-state index contributed by atoms with van der Waals surface area (Å²) in [6.07, 6.45) is 6.57. The molecule has 2 rings (SSSR count). The Hall–Kier alpha value is -0.130. The van der Waals surface area contributed by atoms with E-state index < -0.39 is 10.0 Å². The predicted molar refractivity (Wildman–Crippen MR) is 87.8 cm³/mol. The normalized spacial score (nSPS) is 33.2. The molecule has 21 heavy (non-hydrogen) atoms. The second kappa shape index (κ2) is 7.42. The van der Waals surface area contributed by atoms with E-state index in [1.165, 1.54) is 19.3 Å². The van der Waals surface area contributed by atoms with Crippen LogP contribution in [-0.2, 0) is 10.0 Å². The van der Waals surface area contributed by atoms with Crippen molar-refractivity contribution in [1.82, 2.24) is 9.62 Å². The van der Waals surface area contributed by atoms with Gasteiger partial charge in [0.1, 0.15) is 0 Å². The summed E-state index contributed by atoms with van der Waals surface area (Å²) in [7, 11) is -3.00. The van der Waals surface area contributed by atoms with Gasteiger partial charge in [-0.05, 0) is 43.9 Å². The third-order valence-electron chi connectivity index (χ3n) is 5.22. The van der Waals surface area contributed by atoms with Crippen LogP contribution in [0.5, 0.6) is 0 Å². The number of hydrogen-bond donors (Lipinski definition) is 1. The average Bonchev–Trinajstić information content (AvgIpc) is 2.43. The number of sulfonamides is 1. The van der Waals surface area contributed by atoms with E-state index in [0.717, 1.165) is 24.7 Å². The van der Waals surface area contributed by atoms with Crippen molar-refractivity contribution in [2.24, 2.45) is 11.8 Å². The maximum absolute atomic E-state index is 12.1. The molecule has 0 amide bonds. The first kappa shape index (κ1) is 17.2. The Bertz CT molecular complexity index is 416. The molecule has 3 unspecified atom stereocenters. The molecular formula is C16H32N2O2S. The van der Waals surface area contributed by atoms with Crippen molar-refractivity contribution in [2.75, 3.05) is 18.8 Å². The molecule has 0 radical (unpaired) electrons. The summed E-state index contributed by atoms with van der Waals surface area (Å²) >= 11 is 0. The van der Waals surface area contributed by atoms with E-state index in [0.29, 0.717) is 37.3 Å². The van der Waals surface area contributed by atoms with Gasteiger partial charge in [0.25, 0.3) is 0 Å². The summed E-state index contributed by atoms with van der Waals surface area (Å²) in [5.74, 6) is 1.87. The van der Waals surface area contributed by atoms with Gasteiger partial charge in [-0.3, -0.25) is 0 Å². The molecule has 1 aliphatic heterocycles. The highest BCUT2D eigenvalue weighted by atomic mass is 32.2. The molecule has 5 heteroatoms. The highest BCUT2D eigenvalue weighted by Crippen LogP contribution is 2.29. The van der Waals surface area contributed by atoms with E-state index in [9.17, 15) is 8.42 Å². The van der Waals surface area contributed by atoms with Crippen molar-refractivity contribution in [1.29, 1.82) is 0 Å². The Balaban J connectivity index is 1.81. The zero-order chi connectivity index (χ0) is 15.5. The minimum atomic E-state index is -3.00. The van der Waals surface area contributed by atoms with Crippen LogP contribution in [0.2, 0.25) is 0 Å². The SMILES string of the molecule is CCCS(=O)(=O)N1CCC(NC2CC(C)CCC2C)CC1. The number of rotatable bonds is 5. The summed E-state index contributed by atoms with van der Waals surface area (Å²) in [6, 6.07) is 1.12. The summed E-state index contributed by atoms with van der Waals surface area (Å²) in [6.45, 7) is 8.01. The fourth-order valence-corrected chi connectivity index (χ4v) is 5.30. The fourth-order valence-electron chi connectivity index (χ4n) is 3.75. The monoisotopic (exact) mass is 316 g/mol. The maximum atomic E-state index is 12.1. The van der Waals surface area contributed by atoms with E-state index in [1.54, 1.807) is 4.31 Å². The molecule has 0 aromatic rings. The maximum Gasteiger partial charge on any atom is 0.214 e. The lowest BCUT2D eigenvalue weighted by atomic mass is 9.79. The summed E-state index contributed by atoms with van der Waals surface area (Å²) in [4.78, 5) is 0. The first-order valence-corrected chi connectivity index (χ1v) is 10.3. The third-order valence-corrected chi connectivity index (χ3v) is 7.29. The van der Waals surface area contributed by atoms with Crippen LogP contribution in [-0.4, -0.2) is 43.6 Å². The molecular weight excluding hydrogens is 284 g/mol. The first-order chi connectivity index (χ1) is 9.92. The lowest BCUT2D eigenvalue weighted by Crippen LogP contribution is -2.50. The molecule has 0 aromatic carbocycles. The summed E-state index contributed by atoms with van der Waals surface area (Å²) < 4.78 is 25.9. The molecule has 1 heterocycles. The second-order valence-corrected chi connectivity index (χ2v) is 9.25. The molecule has 2 fully saturated rings. The van der Waals surface area contributed by atoms with Crippen LogP contribution in [0.3, 0.4) is 0 Å². The van der Waals surface area contributed by atoms with Gasteiger partial charge < -0.3 is 5.32 Å². The largest absolute Gasteiger partial charge is 0.311 e. The Labute approximate surface area is 130 Å². The summed E-state index contributed by atoms with van der Waals surface area (Å²) in [5, 5.41) is 3.82. The van der Waals surface area contributed by atoms with Gasteiger partial charge in [0, 0.05) is 25.2 Å². The fraction of sp³-hybridized carbons (Fsp3) is 1.00. The standard InChI is InChI=1S/C16H32N2O2S/c1-4-11-21(19,20)18-9-7-15(8-10-18)17-16-12-13(2)5-6-14(16)3/h13-17H,4-12H2,1-3H3. The van der Waals surface area contributed by atoms with Crippen LogP contribution in [0.15, 0.2) is 0 Å². The van der Waals surface area contributed by atoms with Gasteiger partial charge in [-0.2, -0.15) is 0 Å². The van der Waals surface area contributed by atoms with E-state index in [-0.39, 0.29) is 0 Å². The van der Waals surface area contributed by atoms with Crippen molar-refractivity contribution < 1.29 is 8.42 Å². The van der Waals surface area contributed by atoms with Crippen LogP contribution < -0.4 is 5.32 Å². The van der Waals surface area contributed by atoms with Crippen LogP contribution in [0.4, 0.5) is 0 Å². The molecule has 1 saturated heterocycles. The Morgan fingerprint density at radius 3 is 2.38 bits per heavy atom. The van der Waals surface area contributed by atoms with Gasteiger partial charge in [0.05, 0.1) is 5.75 Å². The zero-order valence-corrected chi connectivity index (χ0v) is 14.7. The van der Waals surface area contributed by atoms with Gasteiger partial charge in [-0.25, -0.2) is 12.7 Å². The molecule has 0 bridgehead atoms. The third kappa shape index (κ3) is 4.67. The van der Waals surface area contributed by atoms with E-state index in [2.05, 4.69) is 19.2 Å². The van der Waals surface area contributed by atoms with Gasteiger partial charge in [-0.15, -0.1) is 0 Å². The van der Waals surface area contributed by atoms with Gasteiger partial charge in [0.15, 0.2) is 0 Å². The van der Waals surface area contributed by atoms with E-state index >= 15 is 0 Å². The lowest BCUT2D eigenvalue weighted by Gasteiger charge is -2.39. The molecule has 0 spiro atoms. The van der Waals surface area contributed by atoms with Crippen molar-refractivity contribution >= 4 is 10.0 Å². The average molecular weight is 317 g/mol. The van der Waals surface area contributed by atoms with E-state index in [4.69, 9.17) is 0 Å². The molecule has 0 aromatic heterocycles. The number of nitrogens with zero attached hydrogens (tertiary/aromatic N) is 1. The molecule has 1 saturated carbocycles. The summed E-state index contributed by atoms with van der Waals surface area (Å²) in [5.41, 5.74) is 0. The minimum Gasteiger partial charge on any atom is -0.311 e. The van der Waals surface area contributed by atoms with Gasteiger partial charge >= 0.3 is 0 Å². The van der Waals surface area contributed by atoms with Crippen LogP contribution in [0.1, 0.15) is 59.3 Å². The molecule has 124 valence electrons. The number of piperidine rings is 1. The quantitative estimate of drug-likeness (QED) is 0.848. The minimum absolute atomic E-state index is 0.294.